The Balaban J connectivity index is 3.06. The summed E-state index contributed by atoms with van der Waals surface area (Å²) in [5.41, 5.74) is -1.01. The highest BCUT2D eigenvalue weighted by atomic mass is 19.4. The number of ether oxygens (including phenoxy) is 3. The lowest BCUT2D eigenvalue weighted by molar-refractivity contribution is -0.275. The van der Waals surface area contributed by atoms with E-state index in [-0.39, 0.29) is 5.56 Å². The summed E-state index contributed by atoms with van der Waals surface area (Å²) in [5.74, 6) is -3.40. The second-order valence-corrected chi connectivity index (χ2v) is 5.84. The summed E-state index contributed by atoms with van der Waals surface area (Å²) < 4.78 is 63.2. The van der Waals surface area contributed by atoms with Gasteiger partial charge in [-0.3, -0.25) is 0 Å². The number of rotatable bonds is 4. The predicted octanol–water partition coefficient (Wildman–Crippen LogP) is 3.46. The summed E-state index contributed by atoms with van der Waals surface area (Å²) in [6.45, 7) is 4.76. The summed E-state index contributed by atoms with van der Waals surface area (Å²) >= 11 is 0. The fraction of sp³-hybridized carbons (Fsp3) is 0.467. The quantitative estimate of drug-likeness (QED) is 0.652. The summed E-state index contributed by atoms with van der Waals surface area (Å²) in [6, 6.07) is 0.822. The molecule has 0 saturated carbocycles. The fourth-order valence-electron chi connectivity index (χ4n) is 1.73. The zero-order valence-corrected chi connectivity index (χ0v) is 13.9. The van der Waals surface area contributed by atoms with E-state index in [0.29, 0.717) is 12.1 Å². The third-order valence-electron chi connectivity index (χ3n) is 2.61. The van der Waals surface area contributed by atoms with Crippen LogP contribution in [0.25, 0.3) is 0 Å². The molecule has 0 aliphatic heterocycles. The van der Waals surface area contributed by atoms with Gasteiger partial charge in [0.1, 0.15) is 5.60 Å². The highest BCUT2D eigenvalue weighted by molar-refractivity contribution is 5.82. The third-order valence-corrected chi connectivity index (χ3v) is 2.61. The second-order valence-electron chi connectivity index (χ2n) is 5.84. The number of methoxy groups -OCH3 is 1. The second kappa shape index (κ2) is 7.58. The Labute approximate surface area is 141 Å². The zero-order valence-electron chi connectivity index (χ0n) is 13.9. The van der Waals surface area contributed by atoms with E-state index in [9.17, 15) is 27.2 Å². The van der Waals surface area contributed by atoms with Crippen LogP contribution < -0.4 is 10.1 Å². The molecule has 1 amide bonds. The van der Waals surface area contributed by atoms with Crippen molar-refractivity contribution >= 4 is 12.1 Å². The number of hydrogen-bond acceptors (Lipinski definition) is 5. The highest BCUT2D eigenvalue weighted by Crippen LogP contribution is 2.28. The highest BCUT2D eigenvalue weighted by Gasteiger charge is 2.33. The van der Waals surface area contributed by atoms with Crippen LogP contribution in [0.2, 0.25) is 0 Å². The lowest BCUT2D eigenvalue weighted by Gasteiger charge is -2.23. The third kappa shape index (κ3) is 6.86. The average Bonchev–Trinajstić information content (AvgIpc) is 2.43. The molecule has 10 heteroatoms. The topological polar surface area (TPSA) is 73.9 Å². The summed E-state index contributed by atoms with van der Waals surface area (Å²) in [7, 11) is 1.03. The van der Waals surface area contributed by atoms with E-state index in [1.165, 1.54) is 0 Å². The largest absolute Gasteiger partial charge is 0.573 e. The molecule has 25 heavy (non-hydrogen) atoms. The van der Waals surface area contributed by atoms with Crippen LogP contribution in [0, 0.1) is 5.82 Å². The lowest BCUT2D eigenvalue weighted by atomic mass is 10.1. The first-order valence-corrected chi connectivity index (χ1v) is 6.95. The van der Waals surface area contributed by atoms with Crippen LogP contribution in [-0.4, -0.2) is 31.1 Å². The van der Waals surface area contributed by atoms with Gasteiger partial charge in [0.05, 0.1) is 7.11 Å². The van der Waals surface area contributed by atoms with Crippen molar-refractivity contribution in [1.29, 1.82) is 0 Å². The molecular formula is C15H17F4NO5. The van der Waals surface area contributed by atoms with Crippen molar-refractivity contribution in [2.24, 2.45) is 0 Å². The van der Waals surface area contributed by atoms with Gasteiger partial charge in [-0.05, 0) is 38.5 Å². The maximum Gasteiger partial charge on any atom is 0.573 e. The van der Waals surface area contributed by atoms with Crippen molar-refractivity contribution in [1.82, 2.24) is 5.32 Å². The molecule has 0 heterocycles. The molecule has 1 aromatic carbocycles. The zero-order chi connectivity index (χ0) is 19.4. The molecule has 1 aromatic rings. The van der Waals surface area contributed by atoms with Crippen LogP contribution >= 0.6 is 0 Å². The lowest BCUT2D eigenvalue weighted by Crippen LogP contribution is -2.38. The van der Waals surface area contributed by atoms with E-state index < -0.39 is 41.6 Å². The first kappa shape index (κ1) is 20.5. The van der Waals surface area contributed by atoms with Gasteiger partial charge in [-0.2, -0.15) is 0 Å². The van der Waals surface area contributed by atoms with Gasteiger partial charge in [0.2, 0.25) is 0 Å². The molecule has 0 aromatic heterocycles. The molecule has 1 N–H and O–H groups in total. The van der Waals surface area contributed by atoms with Crippen molar-refractivity contribution in [3.63, 3.8) is 0 Å². The van der Waals surface area contributed by atoms with Crippen molar-refractivity contribution in [3.8, 4) is 5.75 Å². The molecule has 0 aliphatic carbocycles. The van der Waals surface area contributed by atoms with Crippen LogP contribution in [0.3, 0.4) is 0 Å². The normalized spacial score (nSPS) is 13.0. The fourth-order valence-corrected chi connectivity index (χ4v) is 1.73. The standard InChI is InChI=1S/C15H17F4NO5/c1-14(2,3)25-13(22)20-11(12(21)23-4)8-5-6-10(9(16)7-8)24-15(17,18)19/h5-7,11H,1-4H3,(H,20,22). The Bertz CT molecular complexity index is 640. The van der Waals surface area contributed by atoms with E-state index in [2.05, 4.69) is 14.8 Å². The van der Waals surface area contributed by atoms with Gasteiger partial charge in [0.15, 0.2) is 17.6 Å². The summed E-state index contributed by atoms with van der Waals surface area (Å²) in [4.78, 5) is 23.6. The Morgan fingerprint density at radius 3 is 2.20 bits per heavy atom. The van der Waals surface area contributed by atoms with Crippen LogP contribution in [0.4, 0.5) is 22.4 Å². The van der Waals surface area contributed by atoms with Gasteiger partial charge in [0.25, 0.3) is 0 Å². The minimum absolute atomic E-state index is 0.148. The number of carbonyl (C=O) groups excluding carboxylic acids is 2. The van der Waals surface area contributed by atoms with Crippen molar-refractivity contribution in [2.75, 3.05) is 7.11 Å². The first-order chi connectivity index (χ1) is 11.3. The average molecular weight is 367 g/mol. The summed E-state index contributed by atoms with van der Waals surface area (Å²) in [5, 5.41) is 2.17. The molecule has 1 atom stereocenters. The minimum atomic E-state index is -5.07. The van der Waals surface area contributed by atoms with Crippen LogP contribution in [0.15, 0.2) is 18.2 Å². The molecule has 0 radical (unpaired) electrons. The van der Waals surface area contributed by atoms with Crippen molar-refractivity contribution in [2.45, 2.75) is 38.8 Å². The Morgan fingerprint density at radius 1 is 1.16 bits per heavy atom. The maximum atomic E-state index is 13.8. The number of hydrogen-bond donors (Lipinski definition) is 1. The van der Waals surface area contributed by atoms with Gasteiger partial charge in [-0.25, -0.2) is 14.0 Å². The molecule has 140 valence electrons. The molecule has 0 spiro atoms. The molecule has 6 nitrogen and oxygen atoms in total. The molecule has 0 aliphatic rings. The summed E-state index contributed by atoms with van der Waals surface area (Å²) in [6.07, 6.45) is -6.06. The monoisotopic (exact) mass is 367 g/mol. The van der Waals surface area contributed by atoms with Crippen LogP contribution in [0.1, 0.15) is 32.4 Å². The van der Waals surface area contributed by atoms with E-state index in [1.807, 2.05) is 0 Å². The number of amides is 1. The number of benzene rings is 1. The van der Waals surface area contributed by atoms with Crippen LogP contribution in [-0.2, 0) is 14.3 Å². The number of esters is 1. The Kier molecular flexibility index (Phi) is 6.22. The van der Waals surface area contributed by atoms with E-state index >= 15 is 0 Å². The molecule has 0 saturated heterocycles. The van der Waals surface area contributed by atoms with Crippen molar-refractivity contribution < 1.29 is 41.4 Å². The molecule has 0 fully saturated rings. The van der Waals surface area contributed by atoms with Crippen molar-refractivity contribution in [3.05, 3.63) is 29.6 Å². The number of nitrogens with one attached hydrogen (secondary N) is 1. The van der Waals surface area contributed by atoms with Gasteiger partial charge < -0.3 is 19.5 Å². The first-order valence-electron chi connectivity index (χ1n) is 6.95. The van der Waals surface area contributed by atoms with Crippen LogP contribution in [0.5, 0.6) is 5.75 Å². The predicted molar refractivity (Wildman–Crippen MR) is 77.2 cm³/mol. The molecule has 1 unspecified atom stereocenters. The Morgan fingerprint density at radius 2 is 1.76 bits per heavy atom. The smallest absolute Gasteiger partial charge is 0.467 e. The SMILES string of the molecule is COC(=O)C(NC(=O)OC(C)(C)C)c1ccc(OC(F)(F)F)c(F)c1. The van der Waals surface area contributed by atoms with Gasteiger partial charge in [-0.1, -0.05) is 6.07 Å². The van der Waals surface area contributed by atoms with E-state index in [4.69, 9.17) is 4.74 Å². The number of alkyl halides is 3. The number of halogens is 4. The molecule has 1 rings (SSSR count). The van der Waals surface area contributed by atoms with Gasteiger partial charge in [-0.15, -0.1) is 13.2 Å². The van der Waals surface area contributed by atoms with E-state index in [0.717, 1.165) is 13.2 Å². The van der Waals surface area contributed by atoms with E-state index in [1.54, 1.807) is 20.8 Å². The number of alkyl carbamates (subject to hydrolysis) is 1. The van der Waals surface area contributed by atoms with Gasteiger partial charge >= 0.3 is 18.4 Å². The maximum absolute atomic E-state index is 13.8. The molecule has 0 bridgehead atoms. The number of carbonyl (C=O) groups is 2. The molecular weight excluding hydrogens is 350 g/mol. The van der Waals surface area contributed by atoms with Gasteiger partial charge in [0, 0.05) is 0 Å². The minimum Gasteiger partial charge on any atom is -0.467 e. The Hall–Kier alpha value is -2.52.